The van der Waals surface area contributed by atoms with Crippen LogP contribution in [0.15, 0.2) is 116 Å². The molecular weight excluding hydrogens is 474 g/mol. The van der Waals surface area contributed by atoms with Gasteiger partial charge in [0.2, 0.25) is 23.1 Å². The van der Waals surface area contributed by atoms with E-state index in [0.717, 1.165) is 22.5 Å². The number of rotatable bonds is 1. The minimum absolute atomic E-state index is 0.0351. The van der Waals surface area contributed by atoms with Gasteiger partial charge in [-0.05, 0) is 60.9 Å². The topological polar surface area (TPSA) is 7.76 Å². The summed E-state index contributed by atoms with van der Waals surface area (Å²) >= 11 is 0. The van der Waals surface area contributed by atoms with Crippen molar-refractivity contribution in [1.29, 1.82) is 0 Å². The minimum Gasteiger partial charge on any atom is -0.207 e. The minimum atomic E-state index is -0.422. The van der Waals surface area contributed by atoms with Crippen molar-refractivity contribution >= 4 is 5.70 Å². The van der Waals surface area contributed by atoms with Crippen molar-refractivity contribution in [2.24, 2.45) is 0 Å². The molecule has 4 heteroatoms. The van der Waals surface area contributed by atoms with E-state index in [1.807, 2.05) is 47.2 Å². The summed E-state index contributed by atoms with van der Waals surface area (Å²) < 4.78 is 35.2. The zero-order chi connectivity index (χ0) is 25.8. The summed E-state index contributed by atoms with van der Waals surface area (Å²) in [6.07, 6.45) is 5.20. The van der Waals surface area contributed by atoms with Gasteiger partial charge in [0.25, 0.3) is 0 Å². The summed E-state index contributed by atoms with van der Waals surface area (Å²) in [5.41, 5.74) is 7.70. The van der Waals surface area contributed by atoms with E-state index in [2.05, 4.69) is 65.9 Å². The van der Waals surface area contributed by atoms with Crippen LogP contribution in [-0.4, -0.2) is 0 Å². The van der Waals surface area contributed by atoms with Crippen molar-refractivity contribution in [3.8, 4) is 33.6 Å². The van der Waals surface area contributed by atoms with Gasteiger partial charge in [-0.1, -0.05) is 48.5 Å². The number of hydrogen-bond acceptors (Lipinski definition) is 0. The van der Waals surface area contributed by atoms with Gasteiger partial charge in [0.05, 0.1) is 11.5 Å². The quantitative estimate of drug-likeness (QED) is 0.214. The molecule has 0 spiro atoms. The van der Waals surface area contributed by atoms with E-state index < -0.39 is 5.82 Å². The zero-order valence-electron chi connectivity index (χ0n) is 20.8. The Morgan fingerprint density at radius 2 is 1.47 bits per heavy atom. The van der Waals surface area contributed by atoms with Gasteiger partial charge >= 0.3 is 0 Å². The van der Waals surface area contributed by atoms with E-state index in [1.54, 1.807) is 0 Å². The Morgan fingerprint density at radius 3 is 2.34 bits per heavy atom. The van der Waals surface area contributed by atoms with Crippen molar-refractivity contribution in [3.63, 3.8) is 0 Å². The van der Waals surface area contributed by atoms with Crippen LogP contribution in [0.25, 0.3) is 39.3 Å². The van der Waals surface area contributed by atoms with E-state index in [4.69, 9.17) is 0 Å². The average molecular weight is 501 g/mol. The maximum atomic E-state index is 15.6. The molecule has 7 rings (SSSR count). The van der Waals surface area contributed by atoms with Crippen LogP contribution >= 0.6 is 0 Å². The second kappa shape index (κ2) is 8.84. The first-order valence-electron chi connectivity index (χ1n) is 13.0. The van der Waals surface area contributed by atoms with Crippen LogP contribution in [0.3, 0.4) is 0 Å². The SMILES string of the molecule is C=C1C2C(CCc3c(F)ccc(F)c3-c3ccc(-c4ccccc4)c[n+]31)c1ccccc1-c1cccc[n+]12. The molecule has 0 amide bonds. The maximum Gasteiger partial charge on any atom is 0.249 e. The average Bonchev–Trinajstić information content (AvgIpc) is 3.02. The lowest BCUT2D eigenvalue weighted by atomic mass is 9.78. The van der Waals surface area contributed by atoms with Gasteiger partial charge in [-0.2, -0.15) is 9.13 Å². The highest BCUT2D eigenvalue weighted by atomic mass is 19.1. The summed E-state index contributed by atoms with van der Waals surface area (Å²) in [6.45, 7) is 4.64. The predicted octanol–water partition coefficient (Wildman–Crippen LogP) is 7.30. The Balaban J connectivity index is 1.53. The van der Waals surface area contributed by atoms with E-state index in [1.165, 1.54) is 23.3 Å². The predicted molar refractivity (Wildman–Crippen MR) is 145 cm³/mol. The van der Waals surface area contributed by atoms with Crippen molar-refractivity contribution < 1.29 is 17.9 Å². The van der Waals surface area contributed by atoms with Crippen LogP contribution in [0, 0.1) is 11.6 Å². The third kappa shape index (κ3) is 3.44. The number of fused-ring (bicyclic) bond motifs is 9. The lowest BCUT2D eigenvalue weighted by Crippen LogP contribution is -2.53. The number of allylic oxidation sites excluding steroid dienone is 1. The molecule has 2 aromatic heterocycles. The van der Waals surface area contributed by atoms with Gasteiger partial charge in [0.15, 0.2) is 12.4 Å². The lowest BCUT2D eigenvalue weighted by Gasteiger charge is -2.29. The fourth-order valence-electron chi connectivity index (χ4n) is 6.35. The first-order chi connectivity index (χ1) is 18.6. The second-order valence-electron chi connectivity index (χ2n) is 10.1. The molecule has 38 heavy (non-hydrogen) atoms. The smallest absolute Gasteiger partial charge is 0.207 e. The number of pyridine rings is 2. The number of nitrogens with zero attached hydrogens (tertiary/aromatic N) is 2. The molecule has 2 nitrogen and oxygen atoms in total. The molecule has 0 fully saturated rings. The van der Waals surface area contributed by atoms with Crippen LogP contribution in [0.1, 0.15) is 29.5 Å². The normalized spacial score (nSPS) is 17.6. The Morgan fingerprint density at radius 1 is 0.711 bits per heavy atom. The van der Waals surface area contributed by atoms with Crippen LogP contribution in [0.5, 0.6) is 0 Å². The Hall–Kier alpha value is -4.44. The molecule has 4 heterocycles. The van der Waals surface area contributed by atoms with Crippen molar-refractivity contribution in [3.05, 3.63) is 139 Å². The number of hydrogen-bond donors (Lipinski definition) is 0. The molecule has 2 aliphatic heterocycles. The van der Waals surface area contributed by atoms with Crippen molar-refractivity contribution in [2.75, 3.05) is 0 Å². The van der Waals surface area contributed by atoms with Gasteiger partial charge in [-0.3, -0.25) is 0 Å². The summed E-state index contributed by atoms with van der Waals surface area (Å²) in [6, 6.07) is 31.0. The molecule has 0 radical (unpaired) electrons. The van der Waals surface area contributed by atoms with Crippen LogP contribution in [0.2, 0.25) is 0 Å². The van der Waals surface area contributed by atoms with Gasteiger partial charge in [-0.15, -0.1) is 0 Å². The number of halogens is 2. The number of benzene rings is 3. The summed E-state index contributed by atoms with van der Waals surface area (Å²) in [7, 11) is 0. The van der Waals surface area contributed by atoms with E-state index in [9.17, 15) is 0 Å². The Bertz CT molecular complexity index is 1720. The molecule has 5 aromatic rings. The highest BCUT2D eigenvalue weighted by Crippen LogP contribution is 2.45. The fourth-order valence-corrected chi connectivity index (χ4v) is 6.35. The van der Waals surface area contributed by atoms with Gasteiger partial charge in [0.1, 0.15) is 11.6 Å². The molecule has 2 aliphatic rings. The Labute approximate surface area is 220 Å². The molecule has 2 unspecified atom stereocenters. The molecule has 3 aromatic carbocycles. The first kappa shape index (κ1) is 22.7. The molecular formula is C34H26F2N2+2. The molecule has 0 N–H and O–H groups in total. The van der Waals surface area contributed by atoms with Crippen molar-refractivity contribution in [2.45, 2.75) is 24.8 Å². The molecule has 0 saturated carbocycles. The van der Waals surface area contributed by atoms with Crippen LogP contribution in [-0.2, 0) is 6.42 Å². The summed E-state index contributed by atoms with van der Waals surface area (Å²) in [5.74, 6) is -0.761. The summed E-state index contributed by atoms with van der Waals surface area (Å²) in [4.78, 5) is 0. The monoisotopic (exact) mass is 500 g/mol. The third-order valence-corrected chi connectivity index (χ3v) is 8.08. The highest BCUT2D eigenvalue weighted by molar-refractivity contribution is 5.70. The molecule has 0 bridgehead atoms. The van der Waals surface area contributed by atoms with Gasteiger partial charge < -0.3 is 0 Å². The number of aromatic nitrogens is 2. The third-order valence-electron chi connectivity index (χ3n) is 8.08. The standard InChI is InChI=1S/C34H26F2N2/c1-22-34-27(25-11-5-6-12-26(25)31-13-7-8-20-37(31)34)15-16-28-29(35)17-18-30(36)33(28)32-19-14-24(21-38(22)32)23-9-3-2-4-10-23/h2-14,17-21,27,34H,1,15-16H2/q+2. The Kier molecular flexibility index (Phi) is 5.29. The van der Waals surface area contributed by atoms with E-state index in [-0.39, 0.29) is 17.8 Å². The largest absolute Gasteiger partial charge is 0.249 e. The molecule has 2 atom stereocenters. The van der Waals surface area contributed by atoms with Crippen molar-refractivity contribution in [1.82, 2.24) is 0 Å². The van der Waals surface area contributed by atoms with E-state index in [0.29, 0.717) is 29.7 Å². The second-order valence-corrected chi connectivity index (χ2v) is 10.1. The van der Waals surface area contributed by atoms with Crippen LogP contribution in [0.4, 0.5) is 8.78 Å². The molecule has 184 valence electrons. The van der Waals surface area contributed by atoms with Gasteiger partial charge in [0, 0.05) is 34.9 Å². The molecule has 0 saturated heterocycles. The first-order valence-corrected chi connectivity index (χ1v) is 13.0. The maximum absolute atomic E-state index is 15.6. The summed E-state index contributed by atoms with van der Waals surface area (Å²) in [5, 5.41) is 0. The zero-order valence-corrected chi connectivity index (χ0v) is 20.8. The van der Waals surface area contributed by atoms with E-state index >= 15 is 8.78 Å². The van der Waals surface area contributed by atoms with Crippen LogP contribution < -0.4 is 9.13 Å². The fraction of sp³-hybridized carbons (Fsp3) is 0.118. The molecule has 0 aliphatic carbocycles. The highest BCUT2D eigenvalue weighted by Gasteiger charge is 2.47. The van der Waals surface area contributed by atoms with Gasteiger partial charge in [-0.25, -0.2) is 8.78 Å². The lowest BCUT2D eigenvalue weighted by molar-refractivity contribution is -0.727.